The Morgan fingerprint density at radius 2 is 1.85 bits per heavy atom. The van der Waals surface area contributed by atoms with Crippen LogP contribution in [0.1, 0.15) is 17.4 Å². The van der Waals surface area contributed by atoms with E-state index in [-0.39, 0.29) is 24.3 Å². The van der Waals surface area contributed by atoms with Crippen molar-refractivity contribution in [3.05, 3.63) is 84.3 Å². The Balaban J connectivity index is 0.00000196. The Hall–Kier alpha value is -2.83. The molecule has 1 aromatic carbocycles. The van der Waals surface area contributed by atoms with Crippen LogP contribution < -0.4 is 5.73 Å². The first-order valence-electron chi connectivity index (χ1n) is 7.96. The molecule has 1 atom stereocenters. The fourth-order valence-electron chi connectivity index (χ4n) is 2.89. The topological polar surface area (TPSA) is 69.6 Å². The van der Waals surface area contributed by atoms with Crippen molar-refractivity contribution in [2.75, 3.05) is 0 Å². The maximum atomic E-state index is 13.0. The van der Waals surface area contributed by atoms with Gasteiger partial charge in [-0.15, -0.1) is 12.4 Å². The number of hydrogen-bond donors (Lipinski definition) is 1. The van der Waals surface area contributed by atoms with E-state index in [4.69, 9.17) is 5.73 Å². The molecular formula is C19H17ClFN5. The molecule has 5 nitrogen and oxygen atoms in total. The molecule has 4 rings (SSSR count). The predicted octanol–water partition coefficient (Wildman–Crippen LogP) is 3.62. The first-order chi connectivity index (χ1) is 12.2. The zero-order valence-corrected chi connectivity index (χ0v) is 14.6. The Morgan fingerprint density at radius 1 is 1.00 bits per heavy atom. The third-order valence-corrected chi connectivity index (χ3v) is 4.09. The largest absolute Gasteiger partial charge is 0.322 e. The summed E-state index contributed by atoms with van der Waals surface area (Å²) in [6.07, 6.45) is 5.19. The summed E-state index contributed by atoms with van der Waals surface area (Å²) in [4.78, 5) is 8.55. The third-order valence-electron chi connectivity index (χ3n) is 4.09. The summed E-state index contributed by atoms with van der Waals surface area (Å²) in [6, 6.07) is 14.4. The standard InChI is InChI=1S/C19H16FN5.ClH/c20-14-7-8-15(23-12-14)10-16(21)19-18(6-3-9-22-19)25-17-5-2-1-4-13(17)11-24-25;/h1-9,11-12,16H,10,21H2;1H/t16-;/m0./s1. The lowest BCUT2D eigenvalue weighted by Gasteiger charge is -2.15. The third kappa shape index (κ3) is 3.42. The Labute approximate surface area is 156 Å². The van der Waals surface area contributed by atoms with Crippen LogP contribution in [0, 0.1) is 5.82 Å². The van der Waals surface area contributed by atoms with Crippen molar-refractivity contribution in [2.45, 2.75) is 12.5 Å². The minimum atomic E-state index is -0.378. The van der Waals surface area contributed by atoms with Crippen molar-refractivity contribution in [3.63, 3.8) is 0 Å². The highest BCUT2D eigenvalue weighted by Crippen LogP contribution is 2.24. The second-order valence-electron chi connectivity index (χ2n) is 5.80. The number of para-hydroxylation sites is 1. The van der Waals surface area contributed by atoms with Gasteiger partial charge in [0.05, 0.1) is 35.3 Å². The van der Waals surface area contributed by atoms with Crippen molar-refractivity contribution in [3.8, 4) is 5.69 Å². The SMILES string of the molecule is Cl.N[C@@H](Cc1ccc(F)cn1)c1ncccc1-n1ncc2ccccc21. The van der Waals surface area contributed by atoms with Gasteiger partial charge in [-0.25, -0.2) is 9.07 Å². The fourth-order valence-corrected chi connectivity index (χ4v) is 2.89. The van der Waals surface area contributed by atoms with Crippen molar-refractivity contribution in [2.24, 2.45) is 5.73 Å². The molecule has 0 amide bonds. The molecule has 2 N–H and O–H groups in total. The fraction of sp³-hybridized carbons (Fsp3) is 0.105. The van der Waals surface area contributed by atoms with Gasteiger partial charge >= 0.3 is 0 Å². The highest BCUT2D eigenvalue weighted by Gasteiger charge is 2.17. The van der Waals surface area contributed by atoms with Gasteiger partial charge < -0.3 is 5.73 Å². The summed E-state index contributed by atoms with van der Waals surface area (Å²) in [5, 5.41) is 5.53. The van der Waals surface area contributed by atoms with Crippen molar-refractivity contribution < 1.29 is 4.39 Å². The Bertz CT molecular complexity index is 1020. The van der Waals surface area contributed by atoms with Gasteiger partial charge in [-0.3, -0.25) is 9.97 Å². The van der Waals surface area contributed by atoms with Gasteiger partial charge in [0.15, 0.2) is 0 Å². The second-order valence-corrected chi connectivity index (χ2v) is 5.80. The van der Waals surface area contributed by atoms with Gasteiger partial charge in [0.25, 0.3) is 0 Å². The minimum Gasteiger partial charge on any atom is -0.322 e. The van der Waals surface area contributed by atoms with E-state index in [1.54, 1.807) is 12.3 Å². The van der Waals surface area contributed by atoms with Crippen molar-refractivity contribution in [1.29, 1.82) is 0 Å². The van der Waals surface area contributed by atoms with E-state index in [9.17, 15) is 4.39 Å². The van der Waals surface area contributed by atoms with Crippen LogP contribution in [0.2, 0.25) is 0 Å². The molecule has 0 saturated heterocycles. The molecule has 0 fully saturated rings. The Kier molecular flexibility index (Phi) is 5.25. The highest BCUT2D eigenvalue weighted by molar-refractivity contribution is 5.85. The van der Waals surface area contributed by atoms with Crippen LogP contribution in [-0.2, 0) is 6.42 Å². The highest BCUT2D eigenvalue weighted by atomic mass is 35.5. The predicted molar refractivity (Wildman–Crippen MR) is 101 cm³/mol. The van der Waals surface area contributed by atoms with Crippen LogP contribution in [0.4, 0.5) is 4.39 Å². The molecule has 4 aromatic rings. The number of pyridine rings is 2. The van der Waals surface area contributed by atoms with Crippen LogP contribution in [0.25, 0.3) is 16.6 Å². The summed E-state index contributed by atoms with van der Waals surface area (Å²) < 4.78 is 14.9. The number of nitrogens with zero attached hydrogens (tertiary/aromatic N) is 4. The molecule has 0 aliphatic carbocycles. The molecular weight excluding hydrogens is 353 g/mol. The summed E-state index contributed by atoms with van der Waals surface area (Å²) >= 11 is 0. The van der Waals surface area contributed by atoms with Crippen LogP contribution in [0.5, 0.6) is 0 Å². The van der Waals surface area contributed by atoms with E-state index in [0.717, 1.165) is 28.0 Å². The second kappa shape index (κ2) is 7.59. The number of nitrogens with two attached hydrogens (primary N) is 1. The van der Waals surface area contributed by atoms with E-state index in [0.29, 0.717) is 6.42 Å². The van der Waals surface area contributed by atoms with Crippen LogP contribution in [-0.4, -0.2) is 19.7 Å². The molecule has 0 spiro atoms. The molecule has 0 aliphatic heterocycles. The molecule has 132 valence electrons. The number of benzene rings is 1. The van der Waals surface area contributed by atoms with Crippen molar-refractivity contribution in [1.82, 2.24) is 19.7 Å². The van der Waals surface area contributed by atoms with E-state index in [1.807, 2.05) is 47.3 Å². The van der Waals surface area contributed by atoms with Crippen LogP contribution in [0.3, 0.4) is 0 Å². The number of hydrogen-bond acceptors (Lipinski definition) is 4. The Morgan fingerprint density at radius 3 is 2.65 bits per heavy atom. The monoisotopic (exact) mass is 369 g/mol. The van der Waals surface area contributed by atoms with Crippen molar-refractivity contribution >= 4 is 23.3 Å². The van der Waals surface area contributed by atoms with E-state index in [1.165, 1.54) is 12.3 Å². The lowest BCUT2D eigenvalue weighted by atomic mass is 10.1. The number of aromatic nitrogens is 4. The van der Waals surface area contributed by atoms with E-state index in [2.05, 4.69) is 15.1 Å². The maximum absolute atomic E-state index is 13.0. The van der Waals surface area contributed by atoms with Gasteiger partial charge in [0.2, 0.25) is 0 Å². The van der Waals surface area contributed by atoms with Gasteiger partial charge in [-0.1, -0.05) is 18.2 Å². The summed E-state index contributed by atoms with van der Waals surface area (Å²) in [5.41, 5.74) is 9.64. The van der Waals surface area contributed by atoms with Gasteiger partial charge in [-0.05, 0) is 30.3 Å². The normalized spacial score (nSPS) is 11.9. The molecule has 0 unspecified atom stereocenters. The molecule has 0 saturated carbocycles. The van der Waals surface area contributed by atoms with Gasteiger partial charge in [0.1, 0.15) is 5.82 Å². The number of halogens is 2. The zero-order valence-electron chi connectivity index (χ0n) is 13.8. The lowest BCUT2D eigenvalue weighted by Crippen LogP contribution is -2.18. The molecule has 7 heteroatoms. The average molecular weight is 370 g/mol. The van der Waals surface area contributed by atoms with Crippen LogP contribution >= 0.6 is 12.4 Å². The minimum absolute atomic E-state index is 0. The average Bonchev–Trinajstić information content (AvgIpc) is 3.07. The van der Waals surface area contributed by atoms with E-state index >= 15 is 0 Å². The van der Waals surface area contributed by atoms with Gasteiger partial charge in [-0.2, -0.15) is 5.10 Å². The summed E-state index contributed by atoms with van der Waals surface area (Å²) in [7, 11) is 0. The molecule has 0 aliphatic rings. The van der Waals surface area contributed by atoms with Crippen LogP contribution in [0.15, 0.2) is 67.1 Å². The molecule has 3 heterocycles. The quantitative estimate of drug-likeness (QED) is 0.596. The first kappa shape index (κ1) is 18.0. The molecule has 0 radical (unpaired) electrons. The smallest absolute Gasteiger partial charge is 0.141 e. The molecule has 3 aromatic heterocycles. The van der Waals surface area contributed by atoms with Gasteiger partial charge in [0, 0.05) is 23.7 Å². The molecule has 0 bridgehead atoms. The molecule has 26 heavy (non-hydrogen) atoms. The zero-order chi connectivity index (χ0) is 17.2. The summed E-state index contributed by atoms with van der Waals surface area (Å²) in [6.45, 7) is 0. The number of rotatable bonds is 4. The number of fused-ring (bicyclic) bond motifs is 1. The van der Waals surface area contributed by atoms with E-state index < -0.39 is 0 Å². The lowest BCUT2D eigenvalue weighted by molar-refractivity contribution is 0.613. The first-order valence-corrected chi connectivity index (χ1v) is 7.96. The maximum Gasteiger partial charge on any atom is 0.141 e. The summed E-state index contributed by atoms with van der Waals surface area (Å²) in [5.74, 6) is -0.362.